The van der Waals surface area contributed by atoms with Gasteiger partial charge in [-0.1, -0.05) is 36.4 Å². The highest BCUT2D eigenvalue weighted by molar-refractivity contribution is 6.04. The minimum Gasteiger partial charge on any atom is -0.452 e. The smallest absolute Gasteiger partial charge is 0.339 e. The molecule has 0 spiro atoms. The van der Waals surface area contributed by atoms with Crippen LogP contribution in [0.1, 0.15) is 53.2 Å². The number of ether oxygens (including phenoxy) is 1. The van der Waals surface area contributed by atoms with E-state index in [4.69, 9.17) is 4.74 Å². The van der Waals surface area contributed by atoms with E-state index in [-0.39, 0.29) is 30.9 Å². The van der Waals surface area contributed by atoms with Crippen LogP contribution in [-0.4, -0.2) is 34.4 Å². The van der Waals surface area contributed by atoms with Crippen molar-refractivity contribution in [2.75, 3.05) is 6.61 Å². The molecule has 5 nitrogen and oxygen atoms in total. The van der Waals surface area contributed by atoms with E-state index in [1.807, 2.05) is 24.3 Å². The fourth-order valence-corrected chi connectivity index (χ4v) is 3.86. The molecule has 6 heteroatoms. The number of hydrogen-bond donors (Lipinski definition) is 0. The first-order valence-corrected chi connectivity index (χ1v) is 10.7. The summed E-state index contributed by atoms with van der Waals surface area (Å²) < 4.78 is 19.5. The molecular weight excluding hydrogens is 395 g/mol. The molecule has 2 fully saturated rings. The van der Waals surface area contributed by atoms with Crippen molar-refractivity contribution in [3.8, 4) is 0 Å². The van der Waals surface area contributed by atoms with E-state index in [9.17, 15) is 14.0 Å². The normalized spacial score (nSPS) is 15.6. The Balaban J connectivity index is 1.32. The predicted octanol–water partition coefficient (Wildman–Crippen LogP) is 4.60. The highest BCUT2D eigenvalue weighted by Crippen LogP contribution is 2.40. The lowest BCUT2D eigenvalue weighted by molar-refractivity contribution is -0.135. The molecule has 1 aromatic heterocycles. The summed E-state index contributed by atoms with van der Waals surface area (Å²) in [5, 5.41) is 0.717. The molecule has 2 aliphatic carbocycles. The van der Waals surface area contributed by atoms with Gasteiger partial charge in [0.1, 0.15) is 5.82 Å². The summed E-state index contributed by atoms with van der Waals surface area (Å²) in [6.45, 7) is -0.184. The number of rotatable bonds is 7. The first kappa shape index (κ1) is 19.7. The number of pyridine rings is 1. The number of halogens is 1. The highest BCUT2D eigenvalue weighted by Gasteiger charge is 2.33. The molecule has 3 aromatic rings. The minimum atomic E-state index is -0.532. The van der Waals surface area contributed by atoms with Crippen molar-refractivity contribution in [3.63, 3.8) is 0 Å². The standard InChI is InChI=1S/C25H23FN2O3/c26-21-7-3-1-5-17(21)14-28(18-11-12-18)24(29)15-31-25(30)20-13-23(16-9-10-16)27-22-8-4-2-6-19(20)22/h1-8,13,16,18H,9-12,14-15H2. The van der Waals surface area contributed by atoms with E-state index in [0.717, 1.165) is 42.3 Å². The van der Waals surface area contributed by atoms with Crippen molar-refractivity contribution < 1.29 is 18.7 Å². The van der Waals surface area contributed by atoms with Gasteiger partial charge in [0.05, 0.1) is 11.1 Å². The second-order valence-electron chi connectivity index (χ2n) is 8.31. The molecule has 2 saturated carbocycles. The van der Waals surface area contributed by atoms with E-state index in [0.29, 0.717) is 17.0 Å². The third-order valence-electron chi connectivity index (χ3n) is 5.88. The number of nitrogens with zero attached hydrogens (tertiary/aromatic N) is 2. The molecule has 1 heterocycles. The van der Waals surface area contributed by atoms with E-state index >= 15 is 0 Å². The van der Waals surface area contributed by atoms with Crippen molar-refractivity contribution in [2.24, 2.45) is 0 Å². The summed E-state index contributed by atoms with van der Waals surface area (Å²) in [6, 6.07) is 15.8. The van der Waals surface area contributed by atoms with Crippen molar-refractivity contribution in [2.45, 2.75) is 44.2 Å². The van der Waals surface area contributed by atoms with Crippen LogP contribution in [0.3, 0.4) is 0 Å². The van der Waals surface area contributed by atoms with E-state index in [1.54, 1.807) is 29.2 Å². The topological polar surface area (TPSA) is 59.5 Å². The quantitative estimate of drug-likeness (QED) is 0.526. The van der Waals surface area contributed by atoms with Crippen LogP contribution in [0.5, 0.6) is 0 Å². The summed E-state index contributed by atoms with van der Waals surface area (Å²) in [5.41, 5.74) is 2.55. The van der Waals surface area contributed by atoms with Crippen LogP contribution in [-0.2, 0) is 16.1 Å². The van der Waals surface area contributed by atoms with E-state index in [2.05, 4.69) is 4.98 Å². The lowest BCUT2D eigenvalue weighted by atomic mass is 10.1. The van der Waals surface area contributed by atoms with Gasteiger partial charge in [-0.3, -0.25) is 9.78 Å². The summed E-state index contributed by atoms with van der Waals surface area (Å²) in [7, 11) is 0. The molecule has 2 aromatic carbocycles. The van der Waals surface area contributed by atoms with Crippen LogP contribution in [0.2, 0.25) is 0 Å². The van der Waals surface area contributed by atoms with Gasteiger partial charge in [-0.25, -0.2) is 9.18 Å². The average molecular weight is 418 g/mol. The molecule has 0 bridgehead atoms. The van der Waals surface area contributed by atoms with Gasteiger partial charge in [-0.2, -0.15) is 0 Å². The Morgan fingerprint density at radius 1 is 1.03 bits per heavy atom. The second kappa shape index (κ2) is 8.10. The lowest BCUT2D eigenvalue weighted by Gasteiger charge is -2.22. The van der Waals surface area contributed by atoms with E-state index < -0.39 is 5.97 Å². The first-order chi connectivity index (χ1) is 15.1. The first-order valence-electron chi connectivity index (χ1n) is 10.7. The number of para-hydroxylation sites is 1. The molecule has 0 N–H and O–H groups in total. The molecule has 31 heavy (non-hydrogen) atoms. The van der Waals surface area contributed by atoms with Crippen molar-refractivity contribution in [1.29, 1.82) is 0 Å². The average Bonchev–Trinajstić information content (AvgIpc) is 3.69. The second-order valence-corrected chi connectivity index (χ2v) is 8.31. The Labute approximate surface area is 179 Å². The Kier molecular flexibility index (Phi) is 5.14. The predicted molar refractivity (Wildman–Crippen MR) is 114 cm³/mol. The molecule has 0 radical (unpaired) electrons. The van der Waals surface area contributed by atoms with Gasteiger partial charge in [-0.15, -0.1) is 0 Å². The Hall–Kier alpha value is -3.28. The van der Waals surface area contributed by atoms with Crippen molar-refractivity contribution in [1.82, 2.24) is 9.88 Å². The Bertz CT molecular complexity index is 1150. The van der Waals surface area contributed by atoms with Crippen LogP contribution in [0, 0.1) is 5.82 Å². The maximum Gasteiger partial charge on any atom is 0.339 e. The Morgan fingerprint density at radius 3 is 2.52 bits per heavy atom. The molecule has 0 unspecified atom stereocenters. The number of esters is 1. The number of fused-ring (bicyclic) bond motifs is 1. The summed E-state index contributed by atoms with van der Waals surface area (Å²) in [6.07, 6.45) is 3.91. The zero-order valence-corrected chi connectivity index (χ0v) is 17.1. The molecule has 0 atom stereocenters. The number of aromatic nitrogens is 1. The molecule has 0 aliphatic heterocycles. The molecule has 1 amide bonds. The van der Waals surface area contributed by atoms with Crippen LogP contribution < -0.4 is 0 Å². The summed E-state index contributed by atoms with van der Waals surface area (Å²) in [5.74, 6) is -0.784. The van der Waals surface area contributed by atoms with Gasteiger partial charge in [0.25, 0.3) is 5.91 Å². The number of carbonyl (C=O) groups excluding carboxylic acids is 2. The minimum absolute atomic E-state index is 0.0778. The van der Waals surface area contributed by atoms with Gasteiger partial charge in [0, 0.05) is 35.1 Å². The fraction of sp³-hybridized carbons (Fsp3) is 0.320. The van der Waals surface area contributed by atoms with Gasteiger partial charge in [0.2, 0.25) is 0 Å². The van der Waals surface area contributed by atoms with E-state index in [1.165, 1.54) is 6.07 Å². The largest absolute Gasteiger partial charge is 0.452 e. The van der Waals surface area contributed by atoms with Crippen LogP contribution in [0.4, 0.5) is 4.39 Å². The zero-order chi connectivity index (χ0) is 21.4. The number of amides is 1. The number of hydrogen-bond acceptors (Lipinski definition) is 4. The maximum absolute atomic E-state index is 14.1. The third-order valence-corrected chi connectivity index (χ3v) is 5.88. The summed E-state index contributed by atoms with van der Waals surface area (Å²) in [4.78, 5) is 32.0. The maximum atomic E-state index is 14.1. The molecule has 158 valence electrons. The van der Waals surface area contributed by atoms with Gasteiger partial charge >= 0.3 is 5.97 Å². The lowest BCUT2D eigenvalue weighted by Crippen LogP contribution is -2.36. The highest BCUT2D eigenvalue weighted by atomic mass is 19.1. The fourth-order valence-electron chi connectivity index (χ4n) is 3.86. The van der Waals surface area contributed by atoms with Crippen molar-refractivity contribution in [3.05, 3.63) is 77.2 Å². The molecular formula is C25H23FN2O3. The molecule has 0 saturated heterocycles. The molecule has 5 rings (SSSR count). The van der Waals surface area contributed by atoms with Crippen LogP contribution >= 0.6 is 0 Å². The summed E-state index contributed by atoms with van der Waals surface area (Å²) >= 11 is 0. The van der Waals surface area contributed by atoms with Crippen LogP contribution in [0.15, 0.2) is 54.6 Å². The van der Waals surface area contributed by atoms with Crippen LogP contribution in [0.25, 0.3) is 10.9 Å². The SMILES string of the molecule is O=C(OCC(=O)N(Cc1ccccc1F)C1CC1)c1cc(C2CC2)nc2ccccc12. The number of benzene rings is 2. The van der Waals surface area contributed by atoms with Gasteiger partial charge in [-0.05, 0) is 43.9 Å². The van der Waals surface area contributed by atoms with Gasteiger partial charge in [0.15, 0.2) is 6.61 Å². The van der Waals surface area contributed by atoms with Gasteiger partial charge < -0.3 is 9.64 Å². The van der Waals surface area contributed by atoms with Crippen molar-refractivity contribution >= 4 is 22.8 Å². The Morgan fingerprint density at radius 2 is 1.77 bits per heavy atom. The molecule has 2 aliphatic rings. The zero-order valence-electron chi connectivity index (χ0n) is 17.1. The third kappa shape index (κ3) is 4.29. The monoisotopic (exact) mass is 418 g/mol. The number of carbonyl (C=O) groups is 2.